The van der Waals surface area contributed by atoms with Crippen LogP contribution >= 0.6 is 0 Å². The van der Waals surface area contributed by atoms with Crippen LogP contribution in [-0.2, 0) is 6.18 Å². The zero-order chi connectivity index (χ0) is 28.6. The lowest BCUT2D eigenvalue weighted by atomic mass is 9.71. The zero-order valence-corrected chi connectivity index (χ0v) is 23.3. The van der Waals surface area contributed by atoms with Crippen molar-refractivity contribution in [3.8, 4) is 5.75 Å². The highest BCUT2D eigenvalue weighted by Crippen LogP contribution is 2.42. The number of piperidine rings is 2. The van der Waals surface area contributed by atoms with E-state index in [0.717, 1.165) is 55.7 Å². The van der Waals surface area contributed by atoms with E-state index >= 15 is 0 Å². The van der Waals surface area contributed by atoms with Gasteiger partial charge in [0.15, 0.2) is 0 Å². The number of amides is 1. The number of aromatic nitrogens is 3. The number of alkyl halides is 3. The van der Waals surface area contributed by atoms with Crippen molar-refractivity contribution in [1.82, 2.24) is 25.0 Å². The van der Waals surface area contributed by atoms with E-state index < -0.39 is 17.8 Å². The molecule has 8 nitrogen and oxygen atoms in total. The number of benzene rings is 1. The topological polar surface area (TPSA) is 84.3 Å². The van der Waals surface area contributed by atoms with E-state index in [-0.39, 0.29) is 5.69 Å². The number of methoxy groups -OCH3 is 1. The molecule has 3 aliphatic rings. The molecule has 11 heteroatoms. The molecular weight excluding hydrogens is 533 g/mol. The average Bonchev–Trinajstić information content (AvgIpc) is 3.40. The van der Waals surface area contributed by atoms with Crippen LogP contribution in [0.2, 0.25) is 0 Å². The Kier molecular flexibility index (Phi) is 7.67. The molecule has 0 atom stereocenters. The van der Waals surface area contributed by atoms with Crippen molar-refractivity contribution in [2.24, 2.45) is 5.41 Å². The first-order valence-electron chi connectivity index (χ1n) is 14.6. The van der Waals surface area contributed by atoms with Crippen LogP contribution in [0.1, 0.15) is 73.6 Å². The van der Waals surface area contributed by atoms with Crippen LogP contribution in [0.15, 0.2) is 36.5 Å². The van der Waals surface area contributed by atoms with E-state index in [0.29, 0.717) is 28.9 Å². The predicted octanol–water partition coefficient (Wildman–Crippen LogP) is 5.66. The van der Waals surface area contributed by atoms with Gasteiger partial charge in [-0.3, -0.25) is 9.48 Å². The highest BCUT2D eigenvalue weighted by Gasteiger charge is 2.38. The monoisotopic (exact) mass is 570 g/mol. The quantitative estimate of drug-likeness (QED) is 0.412. The van der Waals surface area contributed by atoms with Crippen LogP contribution in [0.5, 0.6) is 5.75 Å². The molecule has 220 valence electrons. The summed E-state index contributed by atoms with van der Waals surface area (Å²) < 4.78 is 46.7. The van der Waals surface area contributed by atoms with E-state index in [4.69, 9.17) is 9.84 Å². The molecule has 1 spiro atoms. The highest BCUT2D eigenvalue weighted by molar-refractivity contribution is 6.05. The van der Waals surface area contributed by atoms with Gasteiger partial charge in [0.1, 0.15) is 17.1 Å². The third-order valence-corrected chi connectivity index (χ3v) is 9.44. The smallest absolute Gasteiger partial charge is 0.433 e. The molecule has 0 bridgehead atoms. The normalized spacial score (nSPS) is 23.5. The van der Waals surface area contributed by atoms with Crippen LogP contribution < -0.4 is 15.4 Å². The molecule has 0 radical (unpaired) electrons. The van der Waals surface area contributed by atoms with Crippen LogP contribution in [0.3, 0.4) is 0 Å². The lowest BCUT2D eigenvalue weighted by Gasteiger charge is -2.47. The molecule has 2 aromatic heterocycles. The second-order valence-electron chi connectivity index (χ2n) is 11.8. The van der Waals surface area contributed by atoms with E-state index in [2.05, 4.69) is 20.5 Å². The highest BCUT2D eigenvalue weighted by atomic mass is 19.4. The molecule has 2 saturated heterocycles. The van der Waals surface area contributed by atoms with Gasteiger partial charge in [-0.25, -0.2) is 4.98 Å². The van der Waals surface area contributed by atoms with E-state index in [9.17, 15) is 18.0 Å². The molecule has 1 aromatic carbocycles. The molecular formula is C30H37F3N6O2. The number of carbonyl (C=O) groups excluding carboxylic acids is 1. The lowest BCUT2D eigenvalue weighted by Crippen LogP contribution is -2.49. The number of hydrogen-bond acceptors (Lipinski definition) is 6. The minimum absolute atomic E-state index is 0.303. The number of hydrogen-bond donors (Lipinski definition) is 2. The molecule has 1 aliphatic carbocycles. The van der Waals surface area contributed by atoms with E-state index in [1.54, 1.807) is 12.1 Å². The summed E-state index contributed by atoms with van der Waals surface area (Å²) in [6, 6.07) is 7.69. The van der Waals surface area contributed by atoms with Gasteiger partial charge in [0.25, 0.3) is 5.91 Å². The van der Waals surface area contributed by atoms with E-state index in [1.807, 2.05) is 10.9 Å². The maximum Gasteiger partial charge on any atom is 0.433 e. The number of ether oxygens (including phenoxy) is 1. The number of pyridine rings is 1. The number of halogens is 3. The Hall–Kier alpha value is -3.18. The molecule has 4 heterocycles. The summed E-state index contributed by atoms with van der Waals surface area (Å²) in [5.41, 5.74) is 0.215. The zero-order valence-electron chi connectivity index (χ0n) is 23.3. The van der Waals surface area contributed by atoms with Crippen molar-refractivity contribution in [1.29, 1.82) is 0 Å². The average molecular weight is 571 g/mol. The van der Waals surface area contributed by atoms with Gasteiger partial charge in [-0.15, -0.1) is 0 Å². The van der Waals surface area contributed by atoms with Crippen molar-refractivity contribution < 1.29 is 22.7 Å². The second-order valence-corrected chi connectivity index (χ2v) is 11.8. The first-order chi connectivity index (χ1) is 19.7. The number of anilines is 1. The van der Waals surface area contributed by atoms with Crippen molar-refractivity contribution >= 4 is 22.5 Å². The van der Waals surface area contributed by atoms with Gasteiger partial charge in [0.2, 0.25) is 0 Å². The van der Waals surface area contributed by atoms with Gasteiger partial charge in [-0.05, 0) is 101 Å². The van der Waals surface area contributed by atoms with Crippen molar-refractivity contribution in [2.45, 2.75) is 69.6 Å². The van der Waals surface area contributed by atoms with Crippen molar-refractivity contribution in [3.63, 3.8) is 0 Å². The Labute approximate surface area is 237 Å². The van der Waals surface area contributed by atoms with Gasteiger partial charge >= 0.3 is 6.18 Å². The van der Waals surface area contributed by atoms with Gasteiger partial charge < -0.3 is 20.3 Å². The minimum Gasteiger partial charge on any atom is -0.494 e. The van der Waals surface area contributed by atoms with Gasteiger partial charge in [0.05, 0.1) is 24.4 Å². The molecule has 2 aliphatic heterocycles. The van der Waals surface area contributed by atoms with Crippen LogP contribution in [0.25, 0.3) is 10.9 Å². The first kappa shape index (κ1) is 28.0. The fourth-order valence-electron chi connectivity index (χ4n) is 6.94. The Morgan fingerprint density at radius 3 is 2.44 bits per heavy atom. The van der Waals surface area contributed by atoms with Gasteiger partial charge in [-0.1, -0.05) is 6.07 Å². The summed E-state index contributed by atoms with van der Waals surface area (Å²) >= 11 is 0. The second kappa shape index (κ2) is 11.2. The summed E-state index contributed by atoms with van der Waals surface area (Å²) in [5, 5.41) is 11.8. The molecule has 0 unspecified atom stereocenters. The third-order valence-electron chi connectivity index (χ3n) is 9.44. The third kappa shape index (κ3) is 5.92. The molecule has 1 amide bonds. The number of fused-ring (bicyclic) bond motifs is 1. The van der Waals surface area contributed by atoms with Gasteiger partial charge in [-0.2, -0.15) is 18.3 Å². The molecule has 41 heavy (non-hydrogen) atoms. The summed E-state index contributed by atoms with van der Waals surface area (Å²) in [5.74, 6) is -0.369. The number of nitrogens with one attached hydrogen (secondary N) is 2. The molecule has 3 fully saturated rings. The molecule has 1 saturated carbocycles. The summed E-state index contributed by atoms with van der Waals surface area (Å²) in [7, 11) is 1.48. The Morgan fingerprint density at radius 1 is 1.05 bits per heavy atom. The fraction of sp³-hybridized carbons (Fsp3) is 0.567. The maximum absolute atomic E-state index is 13.1. The van der Waals surface area contributed by atoms with Crippen molar-refractivity contribution in [2.75, 3.05) is 38.6 Å². The largest absolute Gasteiger partial charge is 0.494 e. The minimum atomic E-state index is -4.63. The Bertz CT molecular complexity index is 1380. The summed E-state index contributed by atoms with van der Waals surface area (Å²) in [6.45, 7) is 4.75. The van der Waals surface area contributed by atoms with E-state index in [1.165, 1.54) is 58.0 Å². The number of likely N-dealkylation sites (tertiary alicyclic amines) is 1. The molecule has 2 N–H and O–H groups in total. The van der Waals surface area contributed by atoms with Crippen LogP contribution in [-0.4, -0.2) is 64.9 Å². The first-order valence-corrected chi connectivity index (χ1v) is 14.6. The van der Waals surface area contributed by atoms with Crippen LogP contribution in [0.4, 0.5) is 18.9 Å². The Balaban J connectivity index is 1.11. The molecule has 3 aromatic rings. The van der Waals surface area contributed by atoms with Crippen molar-refractivity contribution in [3.05, 3.63) is 47.9 Å². The number of nitrogens with zero attached hydrogens (tertiary/aromatic N) is 4. The fourth-order valence-corrected chi connectivity index (χ4v) is 6.94. The maximum atomic E-state index is 13.1. The molecule has 6 rings (SSSR count). The number of carbonyl (C=O) groups is 1. The standard InChI is InChI=1S/C30H37F3N6O2/c1-41-26-18-24-20(17-25(26)36-28(40)23-3-2-4-27(35-23)30(31,32)33)19-39(37-24)22-7-5-21(6-8-22)38-15-11-29(12-16-38)9-13-34-14-10-29/h2-4,17-19,21-22,34H,5-16H2,1H3,(H,36,40). The summed E-state index contributed by atoms with van der Waals surface area (Å²) in [4.78, 5) is 19.0. The van der Waals surface area contributed by atoms with Crippen LogP contribution in [0, 0.1) is 5.41 Å². The van der Waals surface area contributed by atoms with Gasteiger partial charge in [0, 0.05) is 23.7 Å². The number of rotatable bonds is 5. The predicted molar refractivity (Wildman–Crippen MR) is 150 cm³/mol. The SMILES string of the molecule is COc1cc2nn(C3CCC(N4CCC5(CCNCC5)CC4)CC3)cc2cc1NC(=O)c1cccc(C(F)(F)F)n1. The summed E-state index contributed by atoms with van der Waals surface area (Å²) in [6.07, 6.45) is 7.07. The lowest BCUT2D eigenvalue weighted by molar-refractivity contribution is -0.141. The Morgan fingerprint density at radius 2 is 1.76 bits per heavy atom.